The Morgan fingerprint density at radius 3 is 2.82 bits per heavy atom. The molecule has 112 valence electrons. The molecule has 0 fully saturated rings. The summed E-state index contributed by atoms with van der Waals surface area (Å²) in [6.45, 7) is 0.624. The molecule has 3 rings (SSSR count). The third-order valence-corrected chi connectivity index (χ3v) is 5.23. The number of tetrazole rings is 1. The molecule has 0 radical (unpaired) electrons. The highest BCUT2D eigenvalue weighted by atomic mass is 79.9. The van der Waals surface area contributed by atoms with Crippen molar-refractivity contribution in [3.63, 3.8) is 0 Å². The van der Waals surface area contributed by atoms with Gasteiger partial charge in [0.05, 0.1) is 12.3 Å². The number of carbonyl (C=O) groups excluding carboxylic acids is 1. The molecule has 5 nitrogen and oxygen atoms in total. The van der Waals surface area contributed by atoms with Crippen LogP contribution in [0.15, 0.2) is 51.4 Å². The molecule has 0 N–H and O–H groups in total. The number of hydrogen-bond donors (Lipinski definition) is 0. The summed E-state index contributed by atoms with van der Waals surface area (Å²) in [5, 5.41) is 14.3. The number of nitrogens with zero attached hydrogens (tertiary/aromatic N) is 4. The monoisotopic (exact) mass is 394 g/mol. The topological polar surface area (TPSA) is 60.7 Å². The maximum Gasteiger partial charge on any atom is 0.210 e. The summed E-state index contributed by atoms with van der Waals surface area (Å²) in [6, 6.07) is 11.4. The van der Waals surface area contributed by atoms with Crippen LogP contribution in [0.5, 0.6) is 0 Å². The predicted molar refractivity (Wildman–Crippen MR) is 90.4 cm³/mol. The van der Waals surface area contributed by atoms with Crippen LogP contribution in [-0.2, 0) is 6.54 Å². The van der Waals surface area contributed by atoms with Gasteiger partial charge in [0.25, 0.3) is 0 Å². The second kappa shape index (κ2) is 7.17. The van der Waals surface area contributed by atoms with Crippen LogP contribution in [0.4, 0.5) is 0 Å². The highest BCUT2D eigenvalue weighted by Gasteiger charge is 2.12. The number of aromatic nitrogens is 4. The summed E-state index contributed by atoms with van der Waals surface area (Å²) in [5.74, 6) is 0.370. The van der Waals surface area contributed by atoms with Gasteiger partial charge in [-0.25, -0.2) is 4.68 Å². The van der Waals surface area contributed by atoms with Crippen LogP contribution in [0.1, 0.15) is 15.2 Å². The van der Waals surface area contributed by atoms with Crippen LogP contribution in [0, 0.1) is 0 Å². The van der Waals surface area contributed by atoms with Crippen molar-refractivity contribution in [2.75, 3.05) is 5.75 Å². The molecule has 0 bridgehead atoms. The Morgan fingerprint density at radius 1 is 1.27 bits per heavy atom. The third kappa shape index (κ3) is 3.82. The number of benzene rings is 1. The number of thiophene rings is 1. The molecule has 0 aliphatic carbocycles. The molecule has 0 atom stereocenters. The molecule has 0 aliphatic heterocycles. The zero-order valence-electron chi connectivity index (χ0n) is 11.3. The Hall–Kier alpha value is -1.51. The van der Waals surface area contributed by atoms with E-state index in [9.17, 15) is 4.79 Å². The average molecular weight is 395 g/mol. The first-order valence-corrected chi connectivity index (χ1v) is 9.08. The first kappa shape index (κ1) is 15.4. The van der Waals surface area contributed by atoms with Crippen LogP contribution in [0.25, 0.3) is 0 Å². The minimum Gasteiger partial charge on any atom is -0.293 e. The minimum atomic E-state index is 0.0585. The quantitative estimate of drug-likeness (QED) is 0.472. The molecule has 1 aromatic carbocycles. The SMILES string of the molecule is O=C(CSc1nnnn1Cc1cccs1)c1ccc(Br)cc1. The largest absolute Gasteiger partial charge is 0.293 e. The van der Waals surface area contributed by atoms with Crippen molar-refractivity contribution in [2.24, 2.45) is 0 Å². The van der Waals surface area contributed by atoms with Gasteiger partial charge < -0.3 is 0 Å². The summed E-state index contributed by atoms with van der Waals surface area (Å²) >= 11 is 6.37. The van der Waals surface area contributed by atoms with Gasteiger partial charge >= 0.3 is 0 Å². The molecule has 0 amide bonds. The summed E-state index contributed by atoms with van der Waals surface area (Å²) in [5.41, 5.74) is 0.688. The van der Waals surface area contributed by atoms with E-state index in [1.165, 1.54) is 16.6 Å². The van der Waals surface area contributed by atoms with Crippen LogP contribution >= 0.6 is 39.0 Å². The van der Waals surface area contributed by atoms with Crippen LogP contribution < -0.4 is 0 Å². The van der Waals surface area contributed by atoms with Crippen molar-refractivity contribution in [3.8, 4) is 0 Å². The van der Waals surface area contributed by atoms with Gasteiger partial charge in [-0.1, -0.05) is 45.9 Å². The van der Waals surface area contributed by atoms with Crippen molar-refractivity contribution >= 4 is 44.8 Å². The van der Waals surface area contributed by atoms with Gasteiger partial charge in [0, 0.05) is 14.9 Å². The van der Waals surface area contributed by atoms with E-state index < -0.39 is 0 Å². The number of carbonyl (C=O) groups is 1. The zero-order valence-corrected chi connectivity index (χ0v) is 14.6. The molecule has 0 spiro atoms. The first-order chi connectivity index (χ1) is 10.7. The molecule has 0 unspecified atom stereocenters. The lowest BCUT2D eigenvalue weighted by Gasteiger charge is -2.03. The summed E-state index contributed by atoms with van der Waals surface area (Å²) in [7, 11) is 0. The number of rotatable bonds is 6. The molecule has 2 aromatic heterocycles. The third-order valence-electron chi connectivity index (χ3n) is 2.88. The van der Waals surface area contributed by atoms with E-state index in [1.54, 1.807) is 16.0 Å². The van der Waals surface area contributed by atoms with Gasteiger partial charge in [-0.15, -0.1) is 16.4 Å². The van der Waals surface area contributed by atoms with Gasteiger partial charge in [-0.3, -0.25) is 4.79 Å². The molecule has 3 aromatic rings. The zero-order chi connectivity index (χ0) is 15.4. The van der Waals surface area contributed by atoms with Gasteiger partial charge in [-0.2, -0.15) is 0 Å². The molecular formula is C14H11BrN4OS2. The van der Waals surface area contributed by atoms with Crippen LogP contribution in [0.2, 0.25) is 0 Å². The number of thioether (sulfide) groups is 1. The Balaban J connectivity index is 1.63. The molecule has 0 saturated carbocycles. The van der Waals surface area contributed by atoms with Crippen LogP contribution in [0.3, 0.4) is 0 Å². The lowest BCUT2D eigenvalue weighted by molar-refractivity contribution is 0.102. The average Bonchev–Trinajstić information content (AvgIpc) is 3.18. The van der Waals surface area contributed by atoms with Crippen molar-refractivity contribution in [1.29, 1.82) is 0 Å². The molecule has 22 heavy (non-hydrogen) atoms. The van der Waals surface area contributed by atoms with Gasteiger partial charge in [0.1, 0.15) is 0 Å². The smallest absolute Gasteiger partial charge is 0.210 e. The van der Waals surface area contributed by atoms with E-state index >= 15 is 0 Å². The maximum absolute atomic E-state index is 12.2. The summed E-state index contributed by atoms with van der Waals surface area (Å²) < 4.78 is 2.67. The number of Topliss-reactive ketones (excluding diaryl/α,β-unsaturated/α-hetero) is 1. The van der Waals surface area contributed by atoms with Crippen molar-refractivity contribution in [3.05, 3.63) is 56.7 Å². The second-order valence-corrected chi connectivity index (χ2v) is 7.31. The predicted octanol–water partition coefficient (Wildman–Crippen LogP) is 3.52. The normalized spacial score (nSPS) is 10.8. The number of ketones is 1. The lowest BCUT2D eigenvalue weighted by atomic mass is 10.2. The molecule has 0 saturated heterocycles. The van der Waals surface area contributed by atoms with E-state index in [1.807, 2.05) is 41.8 Å². The van der Waals surface area contributed by atoms with Crippen molar-refractivity contribution < 1.29 is 4.79 Å². The van der Waals surface area contributed by atoms with E-state index in [0.29, 0.717) is 23.0 Å². The lowest BCUT2D eigenvalue weighted by Crippen LogP contribution is -2.06. The fourth-order valence-electron chi connectivity index (χ4n) is 1.80. The van der Waals surface area contributed by atoms with Gasteiger partial charge in [-0.05, 0) is 34.0 Å². The second-order valence-electron chi connectivity index (χ2n) is 4.42. The number of halogens is 1. The maximum atomic E-state index is 12.2. The fraction of sp³-hybridized carbons (Fsp3) is 0.143. The highest BCUT2D eigenvalue weighted by molar-refractivity contribution is 9.10. The van der Waals surface area contributed by atoms with Gasteiger partial charge in [0.15, 0.2) is 5.78 Å². The Bertz CT molecular complexity index is 756. The fourth-order valence-corrected chi connectivity index (χ4v) is 3.52. The minimum absolute atomic E-state index is 0.0585. The molecule has 8 heteroatoms. The number of hydrogen-bond acceptors (Lipinski definition) is 6. The summed E-state index contributed by atoms with van der Waals surface area (Å²) in [6.07, 6.45) is 0. The molecular weight excluding hydrogens is 384 g/mol. The Kier molecular flexibility index (Phi) is 5.01. The Labute approximate surface area is 143 Å². The standard InChI is InChI=1S/C14H11BrN4OS2/c15-11-5-3-10(4-6-11)13(20)9-22-14-16-17-18-19(14)8-12-2-1-7-21-12/h1-7H,8-9H2. The molecule has 0 aliphatic rings. The van der Waals surface area contributed by atoms with Crippen molar-refractivity contribution in [1.82, 2.24) is 20.2 Å². The van der Waals surface area contributed by atoms with Gasteiger partial charge in [0.2, 0.25) is 5.16 Å². The van der Waals surface area contributed by atoms with E-state index in [2.05, 4.69) is 31.5 Å². The first-order valence-electron chi connectivity index (χ1n) is 6.42. The van der Waals surface area contributed by atoms with Crippen molar-refractivity contribution in [2.45, 2.75) is 11.7 Å². The molecule has 2 heterocycles. The van der Waals surface area contributed by atoms with E-state index in [4.69, 9.17) is 0 Å². The van der Waals surface area contributed by atoms with Crippen LogP contribution in [-0.4, -0.2) is 31.7 Å². The highest BCUT2D eigenvalue weighted by Crippen LogP contribution is 2.19. The van der Waals surface area contributed by atoms with E-state index in [-0.39, 0.29) is 5.78 Å². The Morgan fingerprint density at radius 2 is 2.09 bits per heavy atom. The summed E-state index contributed by atoms with van der Waals surface area (Å²) in [4.78, 5) is 13.3. The van der Waals surface area contributed by atoms with E-state index in [0.717, 1.165) is 4.47 Å².